The molecule has 6 heteroatoms. The van der Waals surface area contributed by atoms with Gasteiger partial charge in [-0.15, -0.1) is 0 Å². The molecule has 1 fully saturated rings. The molecule has 1 saturated carbocycles. The van der Waals surface area contributed by atoms with Gasteiger partial charge in [0.05, 0.1) is 10.0 Å². The molecule has 0 heterocycles. The maximum atomic E-state index is 12.4. The molecule has 0 aromatic heterocycles. The molecule has 0 spiro atoms. The lowest BCUT2D eigenvalue weighted by Gasteiger charge is -2.29. The molecule has 2 aromatic rings. The molecule has 28 heavy (non-hydrogen) atoms. The van der Waals surface area contributed by atoms with Crippen LogP contribution >= 0.6 is 23.2 Å². The monoisotopic (exact) mass is 418 g/mol. The Morgan fingerprint density at radius 3 is 2.14 bits per heavy atom. The van der Waals surface area contributed by atoms with Gasteiger partial charge in [-0.2, -0.15) is 0 Å². The van der Waals surface area contributed by atoms with Crippen LogP contribution in [0.4, 0.5) is 5.69 Å². The number of nitrogens with one attached hydrogen (secondary N) is 1. The fourth-order valence-electron chi connectivity index (χ4n) is 3.72. The van der Waals surface area contributed by atoms with Crippen LogP contribution in [0.15, 0.2) is 42.5 Å². The van der Waals surface area contributed by atoms with Gasteiger partial charge in [0.2, 0.25) is 5.91 Å². The first kappa shape index (κ1) is 20.7. The number of carbonyl (C=O) groups excluding carboxylic acids is 2. The quantitative estimate of drug-likeness (QED) is 0.701. The first-order chi connectivity index (χ1) is 13.3. The molecule has 148 valence electrons. The minimum absolute atomic E-state index is 0.149. The van der Waals surface area contributed by atoms with Crippen molar-refractivity contribution in [2.45, 2.75) is 31.6 Å². The highest BCUT2D eigenvalue weighted by Crippen LogP contribution is 2.36. The van der Waals surface area contributed by atoms with Crippen molar-refractivity contribution >= 4 is 40.7 Å². The number of halogens is 2. The van der Waals surface area contributed by atoms with Crippen molar-refractivity contribution in [1.29, 1.82) is 0 Å². The summed E-state index contributed by atoms with van der Waals surface area (Å²) >= 11 is 11.9. The average molecular weight is 419 g/mol. The van der Waals surface area contributed by atoms with Gasteiger partial charge in [-0.3, -0.25) is 9.59 Å². The Morgan fingerprint density at radius 2 is 1.57 bits per heavy atom. The number of hydrogen-bond donors (Lipinski definition) is 1. The molecule has 0 bridgehead atoms. The summed E-state index contributed by atoms with van der Waals surface area (Å²) in [6, 6.07) is 12.8. The average Bonchev–Trinajstić information content (AvgIpc) is 2.70. The molecule has 2 amide bonds. The summed E-state index contributed by atoms with van der Waals surface area (Å²) in [5.41, 5.74) is 2.45. The first-order valence-corrected chi connectivity index (χ1v) is 10.2. The van der Waals surface area contributed by atoms with Gasteiger partial charge in [0.1, 0.15) is 0 Å². The molecule has 2 aromatic carbocycles. The molecular formula is C22H24Cl2N2O2. The van der Waals surface area contributed by atoms with Crippen molar-refractivity contribution in [3.05, 3.63) is 63.6 Å². The van der Waals surface area contributed by atoms with E-state index >= 15 is 0 Å². The third-order valence-electron chi connectivity index (χ3n) is 5.34. The van der Waals surface area contributed by atoms with Gasteiger partial charge in [0.15, 0.2) is 0 Å². The highest BCUT2D eigenvalue weighted by atomic mass is 35.5. The maximum Gasteiger partial charge on any atom is 0.255 e. The van der Waals surface area contributed by atoms with Gasteiger partial charge in [-0.25, -0.2) is 0 Å². The summed E-state index contributed by atoms with van der Waals surface area (Å²) in [6.45, 7) is 0. The smallest absolute Gasteiger partial charge is 0.255 e. The lowest BCUT2D eigenvalue weighted by molar-refractivity contribution is -0.134. The molecule has 0 atom stereocenters. The summed E-state index contributed by atoms with van der Waals surface area (Å²) in [5, 5.41) is 3.65. The fraction of sp³-hybridized carbons (Fsp3) is 0.364. The summed E-state index contributed by atoms with van der Waals surface area (Å²) in [4.78, 5) is 26.2. The fourth-order valence-corrected chi connectivity index (χ4v) is 4.02. The highest BCUT2D eigenvalue weighted by molar-refractivity contribution is 6.42. The Morgan fingerprint density at radius 1 is 0.929 bits per heavy atom. The van der Waals surface area contributed by atoms with E-state index in [9.17, 15) is 9.59 Å². The van der Waals surface area contributed by atoms with Gasteiger partial charge in [-0.05, 0) is 67.5 Å². The van der Waals surface area contributed by atoms with Crippen LogP contribution in [0.5, 0.6) is 0 Å². The lowest BCUT2D eigenvalue weighted by atomic mass is 9.78. The second-order valence-electron chi connectivity index (χ2n) is 7.49. The Bertz CT molecular complexity index is 857. The van der Waals surface area contributed by atoms with E-state index in [4.69, 9.17) is 23.2 Å². The zero-order valence-corrected chi connectivity index (χ0v) is 17.6. The van der Waals surface area contributed by atoms with E-state index < -0.39 is 0 Å². The van der Waals surface area contributed by atoms with E-state index in [1.165, 1.54) is 5.56 Å². The van der Waals surface area contributed by atoms with E-state index in [2.05, 4.69) is 17.4 Å². The molecular weight excluding hydrogens is 395 g/mol. The summed E-state index contributed by atoms with van der Waals surface area (Å²) < 4.78 is 0. The molecule has 1 aliphatic rings. The lowest BCUT2D eigenvalue weighted by Crippen LogP contribution is -2.31. The van der Waals surface area contributed by atoms with Crippen LogP contribution in [0.25, 0.3) is 0 Å². The van der Waals surface area contributed by atoms with Gasteiger partial charge >= 0.3 is 0 Å². The summed E-state index contributed by atoms with van der Waals surface area (Å²) in [7, 11) is 3.64. The molecule has 1 N–H and O–H groups in total. The van der Waals surface area contributed by atoms with Gasteiger partial charge in [-0.1, -0.05) is 35.3 Å². The molecule has 0 aliphatic heterocycles. The predicted octanol–water partition coefficient (Wildman–Crippen LogP) is 5.61. The van der Waals surface area contributed by atoms with E-state index in [1.54, 1.807) is 23.1 Å². The Balaban J connectivity index is 1.59. The van der Waals surface area contributed by atoms with Crippen molar-refractivity contribution in [3.8, 4) is 0 Å². The number of anilines is 1. The normalized spacial score (nSPS) is 19.1. The van der Waals surface area contributed by atoms with Crippen LogP contribution < -0.4 is 5.32 Å². The highest BCUT2D eigenvalue weighted by Gasteiger charge is 2.27. The van der Waals surface area contributed by atoms with Gasteiger partial charge < -0.3 is 10.2 Å². The number of carbonyl (C=O) groups is 2. The number of hydrogen-bond acceptors (Lipinski definition) is 2. The third kappa shape index (κ3) is 4.86. The Labute approximate surface area is 175 Å². The standard InChI is InChI=1S/C22H24Cl2N2O2/c1-26(2)22(28)16-5-3-14(4-6-16)15-7-10-18(11-8-15)25-21(27)17-9-12-19(23)20(24)13-17/h7-14,16H,3-6H2,1-2H3,(H,25,27)/t14-,16-. The molecule has 4 nitrogen and oxygen atoms in total. The minimum atomic E-state index is -0.228. The number of rotatable bonds is 4. The van der Waals surface area contributed by atoms with Crippen molar-refractivity contribution < 1.29 is 9.59 Å². The third-order valence-corrected chi connectivity index (χ3v) is 6.08. The van der Waals surface area contributed by atoms with Crippen molar-refractivity contribution in [2.75, 3.05) is 19.4 Å². The van der Waals surface area contributed by atoms with E-state index in [0.717, 1.165) is 31.4 Å². The second-order valence-corrected chi connectivity index (χ2v) is 8.30. The first-order valence-electron chi connectivity index (χ1n) is 9.42. The largest absolute Gasteiger partial charge is 0.349 e. The summed E-state index contributed by atoms with van der Waals surface area (Å²) in [5.74, 6) is 0.620. The van der Waals surface area contributed by atoms with E-state index in [1.807, 2.05) is 26.2 Å². The van der Waals surface area contributed by atoms with Crippen LogP contribution in [0, 0.1) is 5.92 Å². The molecule has 0 saturated heterocycles. The zero-order valence-electron chi connectivity index (χ0n) is 16.0. The Hall–Kier alpha value is -2.04. The zero-order chi connectivity index (χ0) is 20.3. The van der Waals surface area contributed by atoms with Crippen molar-refractivity contribution in [1.82, 2.24) is 4.90 Å². The molecule has 0 unspecified atom stereocenters. The maximum absolute atomic E-state index is 12.4. The second kappa shape index (κ2) is 8.97. The Kier molecular flexibility index (Phi) is 6.63. The van der Waals surface area contributed by atoms with Gasteiger partial charge in [0.25, 0.3) is 5.91 Å². The van der Waals surface area contributed by atoms with Crippen LogP contribution in [-0.4, -0.2) is 30.8 Å². The topological polar surface area (TPSA) is 49.4 Å². The number of nitrogens with zero attached hydrogens (tertiary/aromatic N) is 1. The van der Waals surface area contributed by atoms with Crippen LogP contribution in [-0.2, 0) is 4.79 Å². The number of benzene rings is 2. The van der Waals surface area contributed by atoms with Crippen molar-refractivity contribution in [2.24, 2.45) is 5.92 Å². The van der Waals surface area contributed by atoms with E-state index in [0.29, 0.717) is 21.5 Å². The van der Waals surface area contributed by atoms with Crippen LogP contribution in [0.2, 0.25) is 10.0 Å². The van der Waals surface area contributed by atoms with Gasteiger partial charge in [0, 0.05) is 31.3 Å². The van der Waals surface area contributed by atoms with Crippen LogP contribution in [0.1, 0.15) is 47.5 Å². The summed E-state index contributed by atoms with van der Waals surface area (Å²) in [6.07, 6.45) is 3.88. The number of amides is 2. The molecule has 3 rings (SSSR count). The SMILES string of the molecule is CN(C)C(=O)[C@H]1CC[C@H](c2ccc(NC(=O)c3ccc(Cl)c(Cl)c3)cc2)CC1. The molecule has 0 radical (unpaired) electrons. The van der Waals surface area contributed by atoms with Crippen molar-refractivity contribution in [3.63, 3.8) is 0 Å². The minimum Gasteiger partial charge on any atom is -0.349 e. The predicted molar refractivity (Wildman–Crippen MR) is 114 cm³/mol. The molecule has 1 aliphatic carbocycles. The van der Waals surface area contributed by atoms with E-state index in [-0.39, 0.29) is 17.7 Å². The van der Waals surface area contributed by atoms with Crippen LogP contribution in [0.3, 0.4) is 0 Å².